The summed E-state index contributed by atoms with van der Waals surface area (Å²) in [5.74, 6) is 1.19. The summed E-state index contributed by atoms with van der Waals surface area (Å²) in [6, 6.07) is 0. The minimum atomic E-state index is -0.197. The average Bonchev–Trinajstić information content (AvgIpc) is 2.61. The van der Waals surface area contributed by atoms with Crippen LogP contribution in [0.15, 0.2) is 15.4 Å². The van der Waals surface area contributed by atoms with E-state index in [-0.39, 0.29) is 5.66 Å². The number of aliphatic imine (C=N–C) groups is 1. The zero-order valence-electron chi connectivity index (χ0n) is 8.53. The van der Waals surface area contributed by atoms with Gasteiger partial charge in [0.05, 0.1) is 4.36 Å². The van der Waals surface area contributed by atoms with Gasteiger partial charge in [0, 0.05) is 17.4 Å². The van der Waals surface area contributed by atoms with E-state index in [0.29, 0.717) is 17.1 Å². The van der Waals surface area contributed by atoms with E-state index in [1.165, 1.54) is 12.8 Å². The standard InChI is InChI=1S/C11H15ClN2S/c12-10-2-1-9(15-10)7-5-8-3-4-11(8,13)14-6-7/h2,6-9H,1,3-5,13H2. The van der Waals surface area contributed by atoms with Crippen molar-refractivity contribution in [1.82, 2.24) is 0 Å². The minimum Gasteiger partial charge on any atom is -0.307 e. The van der Waals surface area contributed by atoms with Crippen molar-refractivity contribution in [1.29, 1.82) is 0 Å². The van der Waals surface area contributed by atoms with Gasteiger partial charge in [-0.1, -0.05) is 17.7 Å². The number of fused-ring (bicyclic) bond motifs is 1. The Balaban J connectivity index is 1.70. The quantitative estimate of drug-likeness (QED) is 0.768. The second kappa shape index (κ2) is 3.51. The largest absolute Gasteiger partial charge is 0.307 e. The second-order valence-corrected chi connectivity index (χ2v) is 6.72. The summed E-state index contributed by atoms with van der Waals surface area (Å²) in [4.78, 5) is 4.55. The molecule has 1 saturated carbocycles. The summed E-state index contributed by atoms with van der Waals surface area (Å²) in [6.07, 6.45) is 8.83. The normalized spacial score (nSPS) is 48.4. The Bertz CT molecular complexity index is 341. The first-order valence-corrected chi connectivity index (χ1v) is 6.80. The van der Waals surface area contributed by atoms with Crippen LogP contribution in [-0.4, -0.2) is 17.1 Å². The van der Waals surface area contributed by atoms with Crippen molar-refractivity contribution in [2.75, 3.05) is 0 Å². The molecule has 2 heterocycles. The fraction of sp³-hybridized carbons (Fsp3) is 0.727. The van der Waals surface area contributed by atoms with Crippen LogP contribution in [0.2, 0.25) is 0 Å². The van der Waals surface area contributed by atoms with Crippen LogP contribution in [0, 0.1) is 11.8 Å². The van der Waals surface area contributed by atoms with E-state index in [1.807, 2.05) is 0 Å². The molecule has 0 radical (unpaired) electrons. The lowest BCUT2D eigenvalue weighted by Crippen LogP contribution is -2.56. The van der Waals surface area contributed by atoms with Gasteiger partial charge in [-0.05, 0) is 31.6 Å². The molecule has 0 spiro atoms. The Morgan fingerprint density at radius 3 is 3.00 bits per heavy atom. The van der Waals surface area contributed by atoms with Crippen LogP contribution >= 0.6 is 23.4 Å². The van der Waals surface area contributed by atoms with Gasteiger partial charge in [0.15, 0.2) is 0 Å². The summed E-state index contributed by atoms with van der Waals surface area (Å²) >= 11 is 7.78. The summed E-state index contributed by atoms with van der Waals surface area (Å²) in [5.41, 5.74) is 5.96. The maximum Gasteiger partial charge on any atom is 0.110 e. The maximum absolute atomic E-state index is 6.15. The number of hydrogen-bond donors (Lipinski definition) is 1. The van der Waals surface area contributed by atoms with E-state index in [4.69, 9.17) is 17.3 Å². The van der Waals surface area contributed by atoms with Crippen LogP contribution in [0.1, 0.15) is 25.7 Å². The topological polar surface area (TPSA) is 38.4 Å². The first kappa shape index (κ1) is 10.2. The summed E-state index contributed by atoms with van der Waals surface area (Å²) in [7, 11) is 0. The zero-order chi connectivity index (χ0) is 10.5. The van der Waals surface area contributed by atoms with E-state index >= 15 is 0 Å². The number of nitrogens with zero attached hydrogens (tertiary/aromatic N) is 1. The molecular formula is C11H15ClN2S. The van der Waals surface area contributed by atoms with Crippen molar-refractivity contribution in [3.63, 3.8) is 0 Å². The Morgan fingerprint density at radius 1 is 1.60 bits per heavy atom. The van der Waals surface area contributed by atoms with Gasteiger partial charge in [-0.2, -0.15) is 0 Å². The van der Waals surface area contributed by atoms with Gasteiger partial charge in [0.1, 0.15) is 5.66 Å². The van der Waals surface area contributed by atoms with E-state index in [2.05, 4.69) is 17.3 Å². The van der Waals surface area contributed by atoms with E-state index < -0.39 is 0 Å². The van der Waals surface area contributed by atoms with Crippen LogP contribution in [0.4, 0.5) is 0 Å². The Labute approximate surface area is 99.3 Å². The molecule has 4 unspecified atom stereocenters. The van der Waals surface area contributed by atoms with Gasteiger partial charge < -0.3 is 5.73 Å². The molecule has 82 valence electrons. The molecule has 3 rings (SSSR count). The molecule has 0 aromatic heterocycles. The molecule has 2 nitrogen and oxygen atoms in total. The number of halogens is 1. The van der Waals surface area contributed by atoms with Gasteiger partial charge in [-0.25, -0.2) is 0 Å². The SMILES string of the molecule is NC12CCC1CC(C1CC=C(Cl)S1)C=N2. The maximum atomic E-state index is 6.15. The molecule has 1 aliphatic carbocycles. The third-order valence-electron chi connectivity index (χ3n) is 3.92. The van der Waals surface area contributed by atoms with Crippen molar-refractivity contribution in [2.24, 2.45) is 22.6 Å². The highest BCUT2D eigenvalue weighted by atomic mass is 35.5. The predicted octanol–water partition coefficient (Wildman–Crippen LogP) is 2.73. The molecule has 2 aliphatic heterocycles. The Morgan fingerprint density at radius 2 is 2.47 bits per heavy atom. The molecule has 4 atom stereocenters. The Kier molecular flexibility index (Phi) is 2.38. The predicted molar refractivity (Wildman–Crippen MR) is 66.2 cm³/mol. The van der Waals surface area contributed by atoms with Crippen molar-refractivity contribution < 1.29 is 0 Å². The number of rotatable bonds is 1. The summed E-state index contributed by atoms with van der Waals surface area (Å²) < 4.78 is 0.951. The number of allylic oxidation sites excluding steroid dienone is 1. The minimum absolute atomic E-state index is 0.197. The molecule has 15 heavy (non-hydrogen) atoms. The highest BCUT2D eigenvalue weighted by molar-refractivity contribution is 8.05. The zero-order valence-corrected chi connectivity index (χ0v) is 10.1. The van der Waals surface area contributed by atoms with Crippen molar-refractivity contribution in [3.8, 4) is 0 Å². The smallest absolute Gasteiger partial charge is 0.110 e. The molecule has 1 fully saturated rings. The molecular weight excluding hydrogens is 228 g/mol. The molecule has 4 heteroatoms. The van der Waals surface area contributed by atoms with Gasteiger partial charge in [0.2, 0.25) is 0 Å². The van der Waals surface area contributed by atoms with Crippen LogP contribution in [0.25, 0.3) is 0 Å². The molecule has 0 amide bonds. The molecule has 2 N–H and O–H groups in total. The van der Waals surface area contributed by atoms with Crippen molar-refractivity contribution in [2.45, 2.75) is 36.6 Å². The van der Waals surface area contributed by atoms with E-state index in [9.17, 15) is 0 Å². The van der Waals surface area contributed by atoms with Crippen molar-refractivity contribution in [3.05, 3.63) is 10.4 Å². The molecule has 0 aromatic rings. The first-order chi connectivity index (χ1) is 7.17. The third-order valence-corrected chi connectivity index (χ3v) is 5.57. The van der Waals surface area contributed by atoms with Crippen LogP contribution in [0.3, 0.4) is 0 Å². The molecule has 0 aromatic carbocycles. The Hall–Kier alpha value is 0.01000. The van der Waals surface area contributed by atoms with Gasteiger partial charge in [-0.3, -0.25) is 4.99 Å². The molecule has 3 aliphatic rings. The first-order valence-electron chi connectivity index (χ1n) is 5.54. The second-order valence-electron chi connectivity index (χ2n) is 4.80. The molecule has 0 bridgehead atoms. The highest BCUT2D eigenvalue weighted by Crippen LogP contribution is 2.48. The third kappa shape index (κ3) is 1.65. The number of hydrogen-bond acceptors (Lipinski definition) is 3. The van der Waals surface area contributed by atoms with Gasteiger partial charge in [0.25, 0.3) is 0 Å². The van der Waals surface area contributed by atoms with Crippen LogP contribution in [0.5, 0.6) is 0 Å². The number of thioether (sulfide) groups is 1. The molecule has 0 saturated heterocycles. The monoisotopic (exact) mass is 242 g/mol. The lowest BCUT2D eigenvalue weighted by molar-refractivity contribution is 0.106. The van der Waals surface area contributed by atoms with Crippen LogP contribution < -0.4 is 5.73 Å². The van der Waals surface area contributed by atoms with E-state index in [0.717, 1.165) is 17.2 Å². The summed E-state index contributed by atoms with van der Waals surface area (Å²) in [6.45, 7) is 0. The summed E-state index contributed by atoms with van der Waals surface area (Å²) in [5, 5.41) is 0.603. The van der Waals surface area contributed by atoms with Gasteiger partial charge in [-0.15, -0.1) is 11.8 Å². The highest BCUT2D eigenvalue weighted by Gasteiger charge is 2.47. The lowest BCUT2D eigenvalue weighted by atomic mass is 9.67. The van der Waals surface area contributed by atoms with E-state index in [1.54, 1.807) is 11.8 Å². The number of nitrogens with two attached hydrogens (primary N) is 1. The van der Waals surface area contributed by atoms with Crippen LogP contribution in [-0.2, 0) is 0 Å². The van der Waals surface area contributed by atoms with Crippen molar-refractivity contribution >= 4 is 29.6 Å². The fourth-order valence-corrected chi connectivity index (χ4v) is 4.18. The lowest BCUT2D eigenvalue weighted by Gasteiger charge is -2.48. The van der Waals surface area contributed by atoms with Gasteiger partial charge >= 0.3 is 0 Å². The fourth-order valence-electron chi connectivity index (χ4n) is 2.72. The average molecular weight is 243 g/mol.